The highest BCUT2D eigenvalue weighted by Crippen LogP contribution is 2.16. The molecule has 1 saturated heterocycles. The first kappa shape index (κ1) is 25.6. The third-order valence-corrected chi connectivity index (χ3v) is 4.83. The summed E-state index contributed by atoms with van der Waals surface area (Å²) in [5, 5.41) is 10.1. The second kappa shape index (κ2) is 12.4. The second-order valence-electron chi connectivity index (χ2n) is 7.23. The first-order valence-electron chi connectivity index (χ1n) is 10.3. The van der Waals surface area contributed by atoms with E-state index >= 15 is 0 Å². The Morgan fingerprint density at radius 1 is 1.22 bits per heavy atom. The highest BCUT2D eigenvalue weighted by molar-refractivity contribution is 14.0. The van der Waals surface area contributed by atoms with Crippen molar-refractivity contribution >= 4 is 47.4 Å². The van der Waals surface area contributed by atoms with E-state index in [1.807, 2.05) is 25.1 Å². The number of aliphatic imine (C=N–C) groups is 1. The maximum Gasteiger partial charge on any atom is 0.246 e. The number of anilines is 1. The number of benzene rings is 1. The first-order chi connectivity index (χ1) is 15.0. The maximum absolute atomic E-state index is 12.9. The molecule has 2 heterocycles. The Hall–Kier alpha value is -2.70. The Morgan fingerprint density at radius 2 is 1.97 bits per heavy atom. The number of rotatable bonds is 7. The van der Waals surface area contributed by atoms with Crippen LogP contribution in [0.2, 0.25) is 0 Å². The normalized spacial score (nSPS) is 14.2. The van der Waals surface area contributed by atoms with Gasteiger partial charge >= 0.3 is 0 Å². The van der Waals surface area contributed by atoms with Crippen LogP contribution in [0.15, 0.2) is 41.7 Å². The average Bonchev–Trinajstić information content (AvgIpc) is 3.18. The van der Waals surface area contributed by atoms with Gasteiger partial charge < -0.3 is 20.4 Å². The van der Waals surface area contributed by atoms with Crippen LogP contribution in [0.25, 0.3) is 0 Å². The van der Waals surface area contributed by atoms with Crippen LogP contribution in [-0.2, 0) is 23.1 Å². The minimum Gasteiger partial charge on any atom is -0.357 e. The number of carbonyl (C=O) groups is 2. The summed E-state index contributed by atoms with van der Waals surface area (Å²) < 4.78 is 14.6. The third-order valence-electron chi connectivity index (χ3n) is 4.83. The minimum absolute atomic E-state index is 0. The van der Waals surface area contributed by atoms with Gasteiger partial charge in [0.2, 0.25) is 11.8 Å². The molecular formula is C21H29FIN7O2. The maximum atomic E-state index is 12.9. The van der Waals surface area contributed by atoms with Gasteiger partial charge in [0, 0.05) is 39.4 Å². The molecule has 1 fully saturated rings. The monoisotopic (exact) mass is 557 g/mol. The second-order valence-corrected chi connectivity index (χ2v) is 7.23. The zero-order chi connectivity index (χ0) is 22.2. The zero-order valence-corrected chi connectivity index (χ0v) is 20.6. The molecule has 0 radical (unpaired) electrons. The molecule has 2 amide bonds. The number of nitrogens with one attached hydrogen (secondary N) is 2. The molecule has 0 aliphatic carbocycles. The molecule has 1 aromatic heterocycles. The molecule has 3 rings (SSSR count). The molecular weight excluding hydrogens is 528 g/mol. The van der Waals surface area contributed by atoms with Gasteiger partial charge in [-0.25, -0.2) is 4.39 Å². The number of amides is 2. The number of aromatic nitrogens is 2. The van der Waals surface area contributed by atoms with Gasteiger partial charge in [0.05, 0.1) is 24.8 Å². The number of carbonyl (C=O) groups excluding carboxylic acids is 2. The smallest absolute Gasteiger partial charge is 0.246 e. The molecule has 0 saturated carbocycles. The standard InChI is InChI=1S/C21H28FN7O2.HI/c1-3-23-21(25-9-8-24-19(30)12-16-4-6-17(22)7-5-16)28-10-11-29(20(31)15-28)18-13-26-27(2)14-18;/h4-7,13-14H,3,8-12,15H2,1-2H3,(H,23,25)(H,24,30);1H. The predicted octanol–water partition coefficient (Wildman–Crippen LogP) is 1.15. The lowest BCUT2D eigenvalue weighted by Gasteiger charge is -2.35. The van der Waals surface area contributed by atoms with Gasteiger partial charge in [0.25, 0.3) is 0 Å². The van der Waals surface area contributed by atoms with Crippen molar-refractivity contribution < 1.29 is 14.0 Å². The van der Waals surface area contributed by atoms with Crippen LogP contribution in [-0.4, -0.2) is 71.7 Å². The lowest BCUT2D eigenvalue weighted by molar-refractivity contribution is -0.121. The first-order valence-corrected chi connectivity index (χ1v) is 10.3. The van der Waals surface area contributed by atoms with Crippen molar-refractivity contribution in [2.75, 3.05) is 44.2 Å². The Labute approximate surface area is 204 Å². The van der Waals surface area contributed by atoms with Crippen molar-refractivity contribution in [2.24, 2.45) is 12.0 Å². The molecule has 32 heavy (non-hydrogen) atoms. The number of aryl methyl sites for hydroxylation is 1. The van der Waals surface area contributed by atoms with E-state index in [4.69, 9.17) is 0 Å². The van der Waals surface area contributed by atoms with Crippen molar-refractivity contribution in [1.82, 2.24) is 25.3 Å². The van der Waals surface area contributed by atoms with Gasteiger partial charge in [-0.3, -0.25) is 19.3 Å². The van der Waals surface area contributed by atoms with Crippen molar-refractivity contribution in [3.8, 4) is 0 Å². The number of nitrogens with zero attached hydrogens (tertiary/aromatic N) is 5. The largest absolute Gasteiger partial charge is 0.357 e. The van der Waals surface area contributed by atoms with Gasteiger partial charge in [0.1, 0.15) is 12.4 Å². The molecule has 2 N–H and O–H groups in total. The molecule has 1 aliphatic heterocycles. The number of piperazine rings is 1. The summed E-state index contributed by atoms with van der Waals surface area (Å²) in [6.07, 6.45) is 3.69. The van der Waals surface area contributed by atoms with Crippen molar-refractivity contribution in [3.05, 3.63) is 48.0 Å². The summed E-state index contributed by atoms with van der Waals surface area (Å²) in [4.78, 5) is 32.9. The van der Waals surface area contributed by atoms with Gasteiger partial charge in [0.15, 0.2) is 5.96 Å². The minimum atomic E-state index is -0.325. The number of guanidine groups is 1. The molecule has 0 bridgehead atoms. The fourth-order valence-corrected chi connectivity index (χ4v) is 3.31. The van der Waals surface area contributed by atoms with Gasteiger partial charge in [-0.2, -0.15) is 5.10 Å². The third kappa shape index (κ3) is 7.18. The van der Waals surface area contributed by atoms with Gasteiger partial charge in [-0.15, -0.1) is 24.0 Å². The summed E-state index contributed by atoms with van der Waals surface area (Å²) in [7, 11) is 1.82. The van der Waals surface area contributed by atoms with E-state index in [1.165, 1.54) is 12.1 Å². The summed E-state index contributed by atoms with van der Waals surface area (Å²) in [6.45, 7) is 4.80. The average molecular weight is 557 g/mol. The van der Waals surface area contributed by atoms with Crippen LogP contribution in [0, 0.1) is 5.82 Å². The lowest BCUT2D eigenvalue weighted by atomic mass is 10.1. The van der Waals surface area contributed by atoms with E-state index in [-0.39, 0.29) is 54.6 Å². The lowest BCUT2D eigenvalue weighted by Crippen LogP contribution is -2.55. The summed E-state index contributed by atoms with van der Waals surface area (Å²) in [5.74, 6) is 0.160. The van der Waals surface area contributed by atoms with Gasteiger partial charge in [-0.1, -0.05) is 12.1 Å². The van der Waals surface area contributed by atoms with Crippen molar-refractivity contribution in [2.45, 2.75) is 13.3 Å². The molecule has 1 aromatic carbocycles. The van der Waals surface area contributed by atoms with Crippen LogP contribution in [0.5, 0.6) is 0 Å². The molecule has 11 heteroatoms. The van der Waals surface area contributed by atoms with E-state index in [0.717, 1.165) is 11.3 Å². The Kier molecular flexibility index (Phi) is 9.88. The highest BCUT2D eigenvalue weighted by Gasteiger charge is 2.27. The molecule has 0 atom stereocenters. The van der Waals surface area contributed by atoms with Crippen LogP contribution in [0.1, 0.15) is 12.5 Å². The predicted molar refractivity (Wildman–Crippen MR) is 132 cm³/mol. The molecule has 1 aliphatic rings. The molecule has 2 aromatic rings. The fourth-order valence-electron chi connectivity index (χ4n) is 3.31. The van der Waals surface area contributed by atoms with E-state index < -0.39 is 0 Å². The van der Waals surface area contributed by atoms with E-state index in [1.54, 1.807) is 27.9 Å². The van der Waals surface area contributed by atoms with Crippen molar-refractivity contribution in [3.63, 3.8) is 0 Å². The SMILES string of the molecule is CCNC(=NCCNC(=O)Cc1ccc(F)cc1)N1CCN(c2cnn(C)c2)C(=O)C1.I. The quantitative estimate of drug-likeness (QED) is 0.231. The van der Waals surface area contributed by atoms with Crippen LogP contribution in [0.3, 0.4) is 0 Å². The topological polar surface area (TPSA) is 94.9 Å². The fraction of sp³-hybridized carbons (Fsp3) is 0.429. The summed E-state index contributed by atoms with van der Waals surface area (Å²) in [6, 6.07) is 5.87. The Bertz CT molecular complexity index is 932. The van der Waals surface area contributed by atoms with E-state index in [2.05, 4.69) is 20.7 Å². The number of hydrogen-bond donors (Lipinski definition) is 2. The van der Waals surface area contributed by atoms with Crippen molar-refractivity contribution in [1.29, 1.82) is 0 Å². The summed E-state index contributed by atoms with van der Waals surface area (Å²) >= 11 is 0. The Balaban J connectivity index is 0.00000363. The molecule has 0 unspecified atom stereocenters. The summed E-state index contributed by atoms with van der Waals surface area (Å²) in [5.41, 5.74) is 1.54. The molecule has 9 nitrogen and oxygen atoms in total. The van der Waals surface area contributed by atoms with Gasteiger partial charge in [-0.05, 0) is 24.6 Å². The zero-order valence-electron chi connectivity index (χ0n) is 18.3. The molecule has 0 spiro atoms. The van der Waals surface area contributed by atoms with Crippen LogP contribution in [0.4, 0.5) is 10.1 Å². The molecule has 174 valence electrons. The highest BCUT2D eigenvalue weighted by atomic mass is 127. The Morgan fingerprint density at radius 3 is 2.59 bits per heavy atom. The van der Waals surface area contributed by atoms with Crippen LogP contribution < -0.4 is 15.5 Å². The van der Waals surface area contributed by atoms with Crippen LogP contribution >= 0.6 is 24.0 Å². The van der Waals surface area contributed by atoms with E-state index in [0.29, 0.717) is 38.7 Å². The number of hydrogen-bond acceptors (Lipinski definition) is 4. The van der Waals surface area contributed by atoms with E-state index in [9.17, 15) is 14.0 Å². The number of halogens is 2.